The number of hydrogen-bond acceptors (Lipinski definition) is 4. The largest absolute Gasteiger partial charge is 0.383 e. The van der Waals surface area contributed by atoms with E-state index in [0.29, 0.717) is 12.6 Å². The van der Waals surface area contributed by atoms with E-state index in [-0.39, 0.29) is 11.9 Å². The standard InChI is InChI=1S/C12H25N5O2/c1-9(8-19-3)14-12(16-13)15-10(2)11(18)17-6-4-5-7-17/h9-10H,4-8,13H2,1-3H3,(H2,14,15,16). The molecule has 0 aromatic heterocycles. The average Bonchev–Trinajstić information content (AvgIpc) is 2.91. The van der Waals surface area contributed by atoms with Crippen molar-refractivity contribution in [1.29, 1.82) is 0 Å². The second kappa shape index (κ2) is 7.96. The molecule has 0 aromatic rings. The Morgan fingerprint density at radius 2 is 2.05 bits per heavy atom. The minimum atomic E-state index is -0.439. The molecule has 0 bridgehead atoms. The third kappa shape index (κ3) is 5.04. The Hall–Kier alpha value is -1.34. The van der Waals surface area contributed by atoms with E-state index in [0.717, 1.165) is 25.9 Å². The van der Waals surface area contributed by atoms with Gasteiger partial charge in [-0.1, -0.05) is 0 Å². The first-order valence-electron chi connectivity index (χ1n) is 6.67. The molecule has 0 radical (unpaired) electrons. The summed E-state index contributed by atoms with van der Waals surface area (Å²) in [7, 11) is 1.63. The van der Waals surface area contributed by atoms with Gasteiger partial charge in [0.2, 0.25) is 11.9 Å². The van der Waals surface area contributed by atoms with Gasteiger partial charge in [-0.3, -0.25) is 10.2 Å². The first-order chi connectivity index (χ1) is 9.08. The van der Waals surface area contributed by atoms with Gasteiger partial charge in [0.05, 0.1) is 6.61 Å². The number of guanidine groups is 1. The molecule has 0 aromatic carbocycles. The van der Waals surface area contributed by atoms with Crippen LogP contribution in [-0.2, 0) is 9.53 Å². The van der Waals surface area contributed by atoms with E-state index in [1.807, 2.05) is 11.8 Å². The third-order valence-electron chi connectivity index (χ3n) is 3.03. The van der Waals surface area contributed by atoms with Gasteiger partial charge in [0, 0.05) is 26.2 Å². The van der Waals surface area contributed by atoms with E-state index in [4.69, 9.17) is 10.6 Å². The lowest BCUT2D eigenvalue weighted by Gasteiger charge is -2.20. The Bertz CT molecular complexity index is 315. The molecule has 0 aliphatic carbocycles. The molecular formula is C12H25N5O2. The molecule has 4 N–H and O–H groups in total. The molecule has 7 nitrogen and oxygen atoms in total. The second-order valence-electron chi connectivity index (χ2n) is 4.83. The van der Waals surface area contributed by atoms with Crippen molar-refractivity contribution in [3.05, 3.63) is 0 Å². The van der Waals surface area contributed by atoms with Gasteiger partial charge in [0.25, 0.3) is 0 Å². The molecule has 1 saturated heterocycles. The van der Waals surface area contributed by atoms with Gasteiger partial charge in [-0.25, -0.2) is 10.8 Å². The number of carbonyl (C=O) groups is 1. The summed E-state index contributed by atoms with van der Waals surface area (Å²) in [5, 5.41) is 3.06. The van der Waals surface area contributed by atoms with E-state index in [2.05, 4.69) is 15.7 Å². The van der Waals surface area contributed by atoms with Gasteiger partial charge < -0.3 is 15.0 Å². The SMILES string of the molecule is COCC(C)NC(=NC(C)C(=O)N1CCCC1)NN. The van der Waals surface area contributed by atoms with Crippen LogP contribution < -0.4 is 16.6 Å². The van der Waals surface area contributed by atoms with E-state index >= 15 is 0 Å². The van der Waals surface area contributed by atoms with Crippen molar-refractivity contribution in [3.8, 4) is 0 Å². The number of nitrogens with one attached hydrogen (secondary N) is 2. The summed E-state index contributed by atoms with van der Waals surface area (Å²) in [6.45, 7) is 5.92. The Labute approximate surface area is 114 Å². The Balaban J connectivity index is 2.55. The Morgan fingerprint density at radius 3 is 2.58 bits per heavy atom. The van der Waals surface area contributed by atoms with Gasteiger partial charge >= 0.3 is 0 Å². The van der Waals surface area contributed by atoms with Gasteiger partial charge in [0.1, 0.15) is 6.04 Å². The Kier molecular flexibility index (Phi) is 6.58. The smallest absolute Gasteiger partial charge is 0.247 e. The fourth-order valence-corrected chi connectivity index (χ4v) is 2.09. The summed E-state index contributed by atoms with van der Waals surface area (Å²) in [5.74, 6) is 5.86. The molecule has 7 heteroatoms. The van der Waals surface area contributed by atoms with Crippen molar-refractivity contribution in [2.45, 2.75) is 38.8 Å². The number of methoxy groups -OCH3 is 1. The predicted octanol–water partition coefficient (Wildman–Crippen LogP) is -0.559. The van der Waals surface area contributed by atoms with Crippen molar-refractivity contribution in [2.24, 2.45) is 10.8 Å². The number of hydrogen-bond donors (Lipinski definition) is 3. The minimum Gasteiger partial charge on any atom is -0.383 e. The fraction of sp³-hybridized carbons (Fsp3) is 0.833. The van der Waals surface area contributed by atoms with E-state index in [1.165, 1.54) is 0 Å². The number of aliphatic imine (C=N–C) groups is 1. The molecule has 1 fully saturated rings. The van der Waals surface area contributed by atoms with Crippen molar-refractivity contribution < 1.29 is 9.53 Å². The first-order valence-corrected chi connectivity index (χ1v) is 6.67. The molecule has 2 unspecified atom stereocenters. The summed E-state index contributed by atoms with van der Waals surface area (Å²) >= 11 is 0. The van der Waals surface area contributed by atoms with Crippen molar-refractivity contribution >= 4 is 11.9 Å². The van der Waals surface area contributed by atoms with Crippen molar-refractivity contribution in [2.75, 3.05) is 26.8 Å². The lowest BCUT2D eigenvalue weighted by molar-refractivity contribution is -0.131. The number of hydrazine groups is 1. The molecule has 1 amide bonds. The number of rotatable bonds is 5. The number of likely N-dealkylation sites (tertiary alicyclic amines) is 1. The average molecular weight is 271 g/mol. The lowest BCUT2D eigenvalue weighted by atomic mass is 10.3. The lowest BCUT2D eigenvalue weighted by Crippen LogP contribution is -2.48. The van der Waals surface area contributed by atoms with Crippen LogP contribution in [0.2, 0.25) is 0 Å². The van der Waals surface area contributed by atoms with Crippen LogP contribution in [0.5, 0.6) is 0 Å². The summed E-state index contributed by atoms with van der Waals surface area (Å²) in [4.78, 5) is 18.2. The zero-order valence-corrected chi connectivity index (χ0v) is 12.0. The number of nitrogens with two attached hydrogens (primary N) is 1. The molecule has 0 spiro atoms. The number of nitrogens with zero attached hydrogens (tertiary/aromatic N) is 2. The molecule has 2 atom stereocenters. The van der Waals surface area contributed by atoms with E-state index in [9.17, 15) is 4.79 Å². The highest BCUT2D eigenvalue weighted by atomic mass is 16.5. The summed E-state index contributed by atoms with van der Waals surface area (Å²) in [5.41, 5.74) is 2.48. The second-order valence-corrected chi connectivity index (χ2v) is 4.83. The summed E-state index contributed by atoms with van der Waals surface area (Å²) in [6.07, 6.45) is 2.15. The van der Waals surface area contributed by atoms with Gasteiger partial charge in [-0.05, 0) is 26.7 Å². The van der Waals surface area contributed by atoms with Crippen LogP contribution in [0.3, 0.4) is 0 Å². The molecule has 19 heavy (non-hydrogen) atoms. The minimum absolute atomic E-state index is 0.0476. The molecule has 1 heterocycles. The third-order valence-corrected chi connectivity index (χ3v) is 3.03. The summed E-state index contributed by atoms with van der Waals surface area (Å²) < 4.78 is 5.02. The molecule has 1 aliphatic rings. The maximum atomic E-state index is 12.1. The van der Waals surface area contributed by atoms with Gasteiger partial charge in [-0.15, -0.1) is 0 Å². The van der Waals surface area contributed by atoms with Gasteiger partial charge in [0.15, 0.2) is 0 Å². The highest BCUT2D eigenvalue weighted by Crippen LogP contribution is 2.10. The van der Waals surface area contributed by atoms with E-state index in [1.54, 1.807) is 14.0 Å². The molecule has 1 aliphatic heterocycles. The summed E-state index contributed by atoms with van der Waals surface area (Å²) in [6, 6.07) is -0.375. The molecule has 110 valence electrons. The van der Waals surface area contributed by atoms with Crippen molar-refractivity contribution in [3.63, 3.8) is 0 Å². The van der Waals surface area contributed by atoms with Crippen molar-refractivity contribution in [1.82, 2.24) is 15.6 Å². The van der Waals surface area contributed by atoms with Crippen LogP contribution in [0.1, 0.15) is 26.7 Å². The van der Waals surface area contributed by atoms with Gasteiger partial charge in [-0.2, -0.15) is 0 Å². The number of amides is 1. The van der Waals surface area contributed by atoms with Crippen LogP contribution in [0.15, 0.2) is 4.99 Å². The molecule has 0 saturated carbocycles. The molecular weight excluding hydrogens is 246 g/mol. The van der Waals surface area contributed by atoms with Crippen LogP contribution in [0.4, 0.5) is 0 Å². The maximum Gasteiger partial charge on any atom is 0.247 e. The monoisotopic (exact) mass is 271 g/mol. The predicted molar refractivity (Wildman–Crippen MR) is 74.5 cm³/mol. The number of carbonyl (C=O) groups excluding carboxylic acids is 1. The topological polar surface area (TPSA) is 92.0 Å². The number of ether oxygens (including phenoxy) is 1. The maximum absolute atomic E-state index is 12.1. The van der Waals surface area contributed by atoms with E-state index < -0.39 is 6.04 Å². The zero-order valence-electron chi connectivity index (χ0n) is 12.0. The normalized spacial score (nSPS) is 19.2. The highest BCUT2D eigenvalue weighted by molar-refractivity contribution is 5.87. The quantitative estimate of drug-likeness (QED) is 0.270. The van der Waals surface area contributed by atoms with Crippen LogP contribution in [0.25, 0.3) is 0 Å². The van der Waals surface area contributed by atoms with Crippen LogP contribution in [-0.4, -0.2) is 55.7 Å². The van der Waals surface area contributed by atoms with Crippen LogP contribution in [0, 0.1) is 0 Å². The fourth-order valence-electron chi connectivity index (χ4n) is 2.09. The zero-order chi connectivity index (χ0) is 14.3. The highest BCUT2D eigenvalue weighted by Gasteiger charge is 2.23. The Morgan fingerprint density at radius 1 is 1.42 bits per heavy atom. The van der Waals surface area contributed by atoms with Crippen LogP contribution >= 0.6 is 0 Å². The molecule has 1 rings (SSSR count). The first kappa shape index (κ1) is 15.7.